The molecule has 1 heterocycles. The molecule has 1 aromatic rings. The first kappa shape index (κ1) is 25.6. The number of esters is 5. The average molecular weight is 462 g/mol. The number of rotatable bonds is 9. The van der Waals surface area contributed by atoms with Crippen molar-refractivity contribution in [3.63, 3.8) is 0 Å². The second-order valence-corrected chi connectivity index (χ2v) is 8.21. The highest BCUT2D eigenvalue weighted by molar-refractivity contribution is 6.06. The molecule has 1 aliphatic heterocycles. The molecule has 0 N–H and O–H groups in total. The maximum atomic E-state index is 12.6. The molecular formula is C23H26O10. The van der Waals surface area contributed by atoms with Crippen LogP contribution >= 0.6 is 0 Å². The fourth-order valence-electron chi connectivity index (χ4n) is 2.55. The fraction of sp³-hybridized carbons (Fsp3) is 0.435. The molecule has 1 aliphatic rings. The molecule has 0 unspecified atom stereocenters. The molecule has 178 valence electrons. The first-order valence-corrected chi connectivity index (χ1v) is 10.1. The van der Waals surface area contributed by atoms with Crippen molar-refractivity contribution in [2.24, 2.45) is 5.41 Å². The molecule has 1 aromatic carbocycles. The molecule has 0 bridgehead atoms. The predicted molar refractivity (Wildman–Crippen MR) is 112 cm³/mol. The number of benzene rings is 1. The number of fused-ring (bicyclic) bond motifs is 1. The van der Waals surface area contributed by atoms with Crippen molar-refractivity contribution >= 4 is 29.8 Å². The van der Waals surface area contributed by atoms with E-state index in [0.29, 0.717) is 5.56 Å². The van der Waals surface area contributed by atoms with Crippen LogP contribution < -0.4 is 0 Å². The van der Waals surface area contributed by atoms with E-state index in [4.69, 9.17) is 23.7 Å². The van der Waals surface area contributed by atoms with Crippen LogP contribution in [0.5, 0.6) is 0 Å². The number of hydrogen-bond acceptors (Lipinski definition) is 10. The molecule has 10 nitrogen and oxygen atoms in total. The van der Waals surface area contributed by atoms with Crippen molar-refractivity contribution in [2.45, 2.75) is 34.3 Å². The molecule has 0 spiro atoms. The van der Waals surface area contributed by atoms with Gasteiger partial charge < -0.3 is 23.7 Å². The van der Waals surface area contributed by atoms with Gasteiger partial charge in [0.05, 0.1) is 22.1 Å². The summed E-state index contributed by atoms with van der Waals surface area (Å²) in [6.07, 6.45) is 0. The molecular weight excluding hydrogens is 436 g/mol. The molecule has 2 rings (SSSR count). The van der Waals surface area contributed by atoms with Crippen LogP contribution in [0.15, 0.2) is 24.3 Å². The summed E-state index contributed by atoms with van der Waals surface area (Å²) >= 11 is 0. The van der Waals surface area contributed by atoms with Crippen molar-refractivity contribution in [3.05, 3.63) is 46.5 Å². The highest BCUT2D eigenvalue weighted by Gasteiger charge is 2.29. The lowest BCUT2D eigenvalue weighted by molar-refractivity contribution is -0.154. The van der Waals surface area contributed by atoms with E-state index in [1.807, 2.05) is 0 Å². The summed E-state index contributed by atoms with van der Waals surface area (Å²) in [5.74, 6) is -3.52. The van der Waals surface area contributed by atoms with Crippen LogP contribution in [-0.4, -0.2) is 56.3 Å². The molecule has 0 aromatic heterocycles. The first-order valence-electron chi connectivity index (χ1n) is 10.1. The van der Waals surface area contributed by atoms with Gasteiger partial charge >= 0.3 is 29.8 Å². The Morgan fingerprint density at radius 1 is 0.909 bits per heavy atom. The van der Waals surface area contributed by atoms with Crippen molar-refractivity contribution < 1.29 is 47.7 Å². The maximum Gasteiger partial charge on any atom is 0.339 e. The van der Waals surface area contributed by atoms with Gasteiger partial charge in [0.25, 0.3) is 0 Å². The third kappa shape index (κ3) is 6.90. The standard InChI is InChI=1S/C23H26O10/c1-13(2)18(24)29-6-7-30-20(26)16-10-14-12-33-19(25)15(14)11-17(16)21(27)31-8-9-32-22(28)23(3,4)5/h10-11H,1,6-9,12H2,2-5H3. The van der Waals surface area contributed by atoms with E-state index in [1.54, 1.807) is 20.8 Å². The Balaban J connectivity index is 2.07. The van der Waals surface area contributed by atoms with Gasteiger partial charge in [-0.2, -0.15) is 0 Å². The van der Waals surface area contributed by atoms with Gasteiger partial charge in [-0.3, -0.25) is 4.79 Å². The van der Waals surface area contributed by atoms with Crippen LogP contribution in [0.4, 0.5) is 0 Å². The third-order valence-corrected chi connectivity index (χ3v) is 4.32. The number of cyclic esters (lactones) is 1. The van der Waals surface area contributed by atoms with Gasteiger partial charge in [-0.25, -0.2) is 19.2 Å². The zero-order valence-corrected chi connectivity index (χ0v) is 19.0. The van der Waals surface area contributed by atoms with Gasteiger partial charge in [-0.15, -0.1) is 0 Å². The highest BCUT2D eigenvalue weighted by Crippen LogP contribution is 2.25. The Bertz CT molecular complexity index is 984. The van der Waals surface area contributed by atoms with Crippen LogP contribution in [0.25, 0.3) is 0 Å². The molecule has 33 heavy (non-hydrogen) atoms. The Morgan fingerprint density at radius 2 is 1.42 bits per heavy atom. The zero-order chi connectivity index (χ0) is 24.8. The van der Waals surface area contributed by atoms with Crippen molar-refractivity contribution in [3.8, 4) is 0 Å². The van der Waals surface area contributed by atoms with Crippen LogP contribution in [0.2, 0.25) is 0 Å². The number of ether oxygens (including phenoxy) is 5. The minimum Gasteiger partial charge on any atom is -0.462 e. The maximum absolute atomic E-state index is 12.6. The molecule has 0 saturated carbocycles. The minimum atomic E-state index is -0.912. The minimum absolute atomic E-state index is 0.0528. The van der Waals surface area contributed by atoms with Crippen LogP contribution in [0.3, 0.4) is 0 Å². The summed E-state index contributed by atoms with van der Waals surface area (Å²) in [6.45, 7) is 9.01. The van der Waals surface area contributed by atoms with Crippen LogP contribution in [0, 0.1) is 5.41 Å². The zero-order valence-electron chi connectivity index (χ0n) is 19.0. The molecule has 0 atom stereocenters. The Kier molecular flexibility index (Phi) is 8.33. The monoisotopic (exact) mass is 462 g/mol. The third-order valence-electron chi connectivity index (χ3n) is 4.32. The molecule has 0 aliphatic carbocycles. The second-order valence-electron chi connectivity index (χ2n) is 8.21. The Hall–Kier alpha value is -3.69. The topological polar surface area (TPSA) is 132 Å². The lowest BCUT2D eigenvalue weighted by Gasteiger charge is -2.16. The second kappa shape index (κ2) is 10.8. The van der Waals surface area contributed by atoms with Gasteiger partial charge in [0.15, 0.2) is 0 Å². The van der Waals surface area contributed by atoms with E-state index in [0.717, 1.165) is 0 Å². The summed E-state index contributed by atoms with van der Waals surface area (Å²) in [7, 11) is 0. The van der Waals surface area contributed by atoms with E-state index in [-0.39, 0.29) is 55.3 Å². The smallest absolute Gasteiger partial charge is 0.339 e. The van der Waals surface area contributed by atoms with E-state index < -0.39 is 35.3 Å². The van der Waals surface area contributed by atoms with Gasteiger partial charge in [0.1, 0.15) is 33.0 Å². The van der Waals surface area contributed by atoms with E-state index in [1.165, 1.54) is 19.1 Å². The van der Waals surface area contributed by atoms with E-state index in [2.05, 4.69) is 6.58 Å². The highest BCUT2D eigenvalue weighted by atomic mass is 16.6. The molecule has 0 amide bonds. The summed E-state index contributed by atoms with van der Waals surface area (Å²) in [5.41, 5.74) is -0.319. The van der Waals surface area contributed by atoms with Gasteiger partial charge in [0, 0.05) is 11.1 Å². The summed E-state index contributed by atoms with van der Waals surface area (Å²) in [6, 6.07) is 2.52. The summed E-state index contributed by atoms with van der Waals surface area (Å²) < 4.78 is 25.0. The summed E-state index contributed by atoms with van der Waals surface area (Å²) in [4.78, 5) is 60.2. The van der Waals surface area contributed by atoms with Crippen molar-refractivity contribution in [1.82, 2.24) is 0 Å². The van der Waals surface area contributed by atoms with E-state index in [9.17, 15) is 24.0 Å². The lowest BCUT2D eigenvalue weighted by atomic mass is 9.97. The predicted octanol–water partition coefficient (Wildman–Crippen LogP) is 2.38. The van der Waals surface area contributed by atoms with E-state index >= 15 is 0 Å². The SMILES string of the molecule is C=C(C)C(=O)OCCOC(=O)c1cc2c(cc1C(=O)OCCOC(=O)C(C)(C)C)C(=O)OC2. The van der Waals surface area contributed by atoms with Crippen molar-refractivity contribution in [2.75, 3.05) is 26.4 Å². The molecule has 0 saturated heterocycles. The number of carbonyl (C=O) groups is 5. The Labute approximate surface area is 190 Å². The molecule has 0 radical (unpaired) electrons. The quantitative estimate of drug-likeness (QED) is 0.233. The van der Waals surface area contributed by atoms with Crippen LogP contribution in [0.1, 0.15) is 64.3 Å². The largest absolute Gasteiger partial charge is 0.462 e. The Morgan fingerprint density at radius 3 is 1.97 bits per heavy atom. The number of hydrogen-bond donors (Lipinski definition) is 0. The van der Waals surface area contributed by atoms with Gasteiger partial charge in [-0.05, 0) is 39.8 Å². The number of carbonyl (C=O) groups excluding carboxylic acids is 5. The van der Waals surface area contributed by atoms with Crippen LogP contribution in [-0.2, 0) is 39.9 Å². The first-order chi connectivity index (χ1) is 15.4. The summed E-state index contributed by atoms with van der Waals surface area (Å²) in [5, 5.41) is 0. The molecule has 10 heteroatoms. The molecule has 0 fully saturated rings. The average Bonchev–Trinajstić information content (AvgIpc) is 3.11. The fourth-order valence-corrected chi connectivity index (χ4v) is 2.55. The van der Waals surface area contributed by atoms with Gasteiger partial charge in [0.2, 0.25) is 0 Å². The lowest BCUT2D eigenvalue weighted by Crippen LogP contribution is -2.25. The van der Waals surface area contributed by atoms with Crippen molar-refractivity contribution in [1.29, 1.82) is 0 Å². The van der Waals surface area contributed by atoms with Gasteiger partial charge in [-0.1, -0.05) is 6.58 Å². The normalized spacial score (nSPS) is 12.3.